The number of carboxylic acids is 4. The summed E-state index contributed by atoms with van der Waals surface area (Å²) in [6.45, 7) is 0. The second kappa shape index (κ2) is 8.06. The fraction of sp³-hybridized carbons (Fsp3) is 0.273. The Kier molecular flexibility index (Phi) is 5.41. The number of nitrogens with zero attached hydrogens (tertiary/aromatic N) is 2. The molecule has 2 aliphatic rings. The first-order chi connectivity index (χ1) is 15.3. The van der Waals surface area contributed by atoms with Gasteiger partial charge in [-0.05, 0) is 11.1 Å². The molecule has 10 heteroatoms. The molecule has 0 spiro atoms. The number of carbonyl (C=O) groups is 4. The maximum atomic E-state index is 12.3. The summed E-state index contributed by atoms with van der Waals surface area (Å²) >= 11 is 0. The van der Waals surface area contributed by atoms with Crippen molar-refractivity contribution in [3.05, 3.63) is 71.8 Å². The number of aliphatic carboxylic acids is 4. The molecule has 166 valence electrons. The average Bonchev–Trinajstić information content (AvgIpc) is 3.27. The largest absolute Gasteiger partial charge is 0.481 e. The van der Waals surface area contributed by atoms with Gasteiger partial charge in [-0.3, -0.25) is 19.2 Å². The monoisotopic (exact) mass is 440 g/mol. The van der Waals surface area contributed by atoms with E-state index in [-0.39, 0.29) is 0 Å². The molecule has 2 saturated heterocycles. The number of hydrogen-bond acceptors (Lipinski definition) is 6. The highest BCUT2D eigenvalue weighted by atomic mass is 16.4. The molecule has 0 saturated carbocycles. The molecule has 2 aliphatic heterocycles. The Morgan fingerprint density at radius 3 is 1.09 bits per heavy atom. The fourth-order valence-corrected chi connectivity index (χ4v) is 5.02. The molecule has 2 heterocycles. The van der Waals surface area contributed by atoms with Crippen LogP contribution in [0.4, 0.5) is 0 Å². The quantitative estimate of drug-likeness (QED) is 0.517. The summed E-state index contributed by atoms with van der Waals surface area (Å²) < 4.78 is 0. The van der Waals surface area contributed by atoms with Crippen molar-refractivity contribution in [2.75, 3.05) is 0 Å². The smallest absolute Gasteiger partial charge is 0.323 e. The molecular weight excluding hydrogens is 420 g/mol. The summed E-state index contributed by atoms with van der Waals surface area (Å²) in [4.78, 5) is 49.3. The summed E-state index contributed by atoms with van der Waals surface area (Å²) in [5.74, 6) is -8.84. The number of hydrogen-bond donors (Lipinski definition) is 4. The van der Waals surface area contributed by atoms with Gasteiger partial charge in [-0.2, -0.15) is 0 Å². The molecule has 2 fully saturated rings. The van der Waals surface area contributed by atoms with E-state index in [1.807, 2.05) is 0 Å². The van der Waals surface area contributed by atoms with Gasteiger partial charge in [0.15, 0.2) is 0 Å². The second-order valence-corrected chi connectivity index (χ2v) is 7.77. The van der Waals surface area contributed by atoms with Crippen molar-refractivity contribution in [3.8, 4) is 0 Å². The van der Waals surface area contributed by atoms with Crippen molar-refractivity contribution in [3.63, 3.8) is 0 Å². The second-order valence-electron chi connectivity index (χ2n) is 7.77. The van der Waals surface area contributed by atoms with Gasteiger partial charge in [-0.1, -0.05) is 60.7 Å². The van der Waals surface area contributed by atoms with Crippen molar-refractivity contribution in [1.82, 2.24) is 10.0 Å². The Bertz CT molecular complexity index is 975. The van der Waals surface area contributed by atoms with Gasteiger partial charge in [0.05, 0.1) is 12.1 Å². The van der Waals surface area contributed by atoms with Crippen molar-refractivity contribution < 1.29 is 39.6 Å². The summed E-state index contributed by atoms with van der Waals surface area (Å²) in [5.41, 5.74) is 0.774. The first-order valence-electron chi connectivity index (χ1n) is 9.83. The maximum absolute atomic E-state index is 12.3. The number of benzene rings is 2. The van der Waals surface area contributed by atoms with Crippen LogP contribution in [0, 0.1) is 11.8 Å². The topological polar surface area (TPSA) is 156 Å². The van der Waals surface area contributed by atoms with E-state index in [4.69, 9.17) is 0 Å². The van der Waals surface area contributed by atoms with Crippen LogP contribution in [0.3, 0.4) is 0 Å². The molecule has 32 heavy (non-hydrogen) atoms. The summed E-state index contributed by atoms with van der Waals surface area (Å²) in [7, 11) is 0. The Labute approximate surface area is 181 Å². The van der Waals surface area contributed by atoms with Crippen LogP contribution < -0.4 is 0 Å². The van der Waals surface area contributed by atoms with Crippen LogP contribution in [0.25, 0.3) is 0 Å². The zero-order valence-electron chi connectivity index (χ0n) is 16.6. The molecule has 0 amide bonds. The number of rotatable bonds is 6. The molecule has 6 unspecified atom stereocenters. The van der Waals surface area contributed by atoms with Gasteiger partial charge in [-0.15, -0.1) is 0 Å². The molecule has 4 N–H and O–H groups in total. The molecule has 0 aromatic heterocycles. The summed E-state index contributed by atoms with van der Waals surface area (Å²) in [5, 5.41) is 42.3. The lowest BCUT2D eigenvalue weighted by atomic mass is 9.82. The third-order valence-electron chi connectivity index (χ3n) is 6.13. The van der Waals surface area contributed by atoms with Gasteiger partial charge >= 0.3 is 23.9 Å². The SMILES string of the molecule is O=C(O)C1C(C(=O)O)N2C(c3ccccc3)C(C(=O)O)C(C(=O)O)N2C1c1ccccc1. The van der Waals surface area contributed by atoms with Crippen LogP contribution in [-0.2, 0) is 19.2 Å². The Hall–Kier alpha value is -3.76. The first kappa shape index (κ1) is 21.5. The molecule has 0 bridgehead atoms. The van der Waals surface area contributed by atoms with E-state index >= 15 is 0 Å². The lowest BCUT2D eigenvalue weighted by molar-refractivity contribution is -0.156. The number of fused-ring (bicyclic) bond motifs is 1. The summed E-state index contributed by atoms with van der Waals surface area (Å²) in [6, 6.07) is 10.5. The maximum Gasteiger partial charge on any atom is 0.323 e. The molecule has 4 rings (SSSR count). The minimum Gasteiger partial charge on any atom is -0.481 e. The number of carboxylic acid groups (broad SMARTS) is 4. The van der Waals surface area contributed by atoms with Gasteiger partial charge in [-0.25, -0.2) is 10.0 Å². The average molecular weight is 440 g/mol. The lowest BCUT2D eigenvalue weighted by Gasteiger charge is -2.31. The van der Waals surface area contributed by atoms with E-state index in [1.54, 1.807) is 60.7 Å². The van der Waals surface area contributed by atoms with Crippen LogP contribution in [0.1, 0.15) is 23.2 Å². The fourth-order valence-electron chi connectivity index (χ4n) is 5.02. The highest BCUT2D eigenvalue weighted by molar-refractivity contribution is 5.88. The van der Waals surface area contributed by atoms with Gasteiger partial charge in [0, 0.05) is 0 Å². The van der Waals surface area contributed by atoms with Crippen LogP contribution in [0.15, 0.2) is 60.7 Å². The Morgan fingerprint density at radius 2 is 0.844 bits per heavy atom. The van der Waals surface area contributed by atoms with Gasteiger partial charge < -0.3 is 20.4 Å². The Morgan fingerprint density at radius 1 is 0.531 bits per heavy atom. The minimum absolute atomic E-state index is 0.387. The minimum atomic E-state index is -1.67. The Balaban J connectivity index is 2.00. The van der Waals surface area contributed by atoms with Crippen molar-refractivity contribution in [2.24, 2.45) is 11.8 Å². The molecule has 2 aromatic carbocycles. The van der Waals surface area contributed by atoms with Crippen molar-refractivity contribution in [2.45, 2.75) is 24.2 Å². The van der Waals surface area contributed by atoms with E-state index in [9.17, 15) is 39.6 Å². The molecule has 2 aromatic rings. The van der Waals surface area contributed by atoms with Crippen LogP contribution in [0.2, 0.25) is 0 Å². The zero-order chi connectivity index (χ0) is 23.2. The van der Waals surface area contributed by atoms with Crippen LogP contribution in [0.5, 0.6) is 0 Å². The zero-order valence-corrected chi connectivity index (χ0v) is 16.6. The predicted molar refractivity (Wildman–Crippen MR) is 107 cm³/mol. The van der Waals surface area contributed by atoms with E-state index < -0.39 is 59.9 Å². The van der Waals surface area contributed by atoms with E-state index in [2.05, 4.69) is 0 Å². The van der Waals surface area contributed by atoms with Crippen LogP contribution >= 0.6 is 0 Å². The molecule has 6 atom stereocenters. The first-order valence-corrected chi connectivity index (χ1v) is 9.83. The molecular formula is C22H20N2O8. The highest BCUT2D eigenvalue weighted by Gasteiger charge is 2.68. The standard InChI is InChI=1S/C22H20N2O8/c25-19(26)13-15(11-7-3-1-4-8-11)23-18(22(31)32)14(20(27)28)16(12-9-5-2-6-10-12)24(23)17(13)21(29)30/h1-10,13-18H,(H,25,26)(H,27,28)(H,29,30)(H,31,32). The third-order valence-corrected chi connectivity index (χ3v) is 6.13. The van der Waals surface area contributed by atoms with Crippen molar-refractivity contribution >= 4 is 23.9 Å². The van der Waals surface area contributed by atoms with Gasteiger partial charge in [0.25, 0.3) is 0 Å². The van der Waals surface area contributed by atoms with E-state index in [0.717, 1.165) is 10.0 Å². The lowest BCUT2D eigenvalue weighted by Crippen LogP contribution is -2.46. The molecule has 0 aliphatic carbocycles. The van der Waals surface area contributed by atoms with Crippen LogP contribution in [-0.4, -0.2) is 66.4 Å². The molecule has 0 radical (unpaired) electrons. The van der Waals surface area contributed by atoms with Crippen molar-refractivity contribution in [1.29, 1.82) is 0 Å². The normalized spacial score (nSPS) is 30.0. The van der Waals surface area contributed by atoms with E-state index in [0.29, 0.717) is 11.1 Å². The van der Waals surface area contributed by atoms with E-state index in [1.165, 1.54) is 0 Å². The van der Waals surface area contributed by atoms with Gasteiger partial charge in [0.1, 0.15) is 23.9 Å². The third kappa shape index (κ3) is 3.20. The number of hydrazine groups is 1. The highest BCUT2D eigenvalue weighted by Crippen LogP contribution is 2.55. The molecule has 10 nitrogen and oxygen atoms in total. The van der Waals surface area contributed by atoms with Gasteiger partial charge in [0.2, 0.25) is 0 Å². The summed E-state index contributed by atoms with van der Waals surface area (Å²) in [6.07, 6.45) is 0. The predicted octanol–water partition coefficient (Wildman–Crippen LogP) is 1.32.